The molecule has 3 rings (SSSR count). The van der Waals surface area contributed by atoms with Crippen LogP contribution in [0.25, 0.3) is 0 Å². The van der Waals surface area contributed by atoms with Crippen molar-refractivity contribution in [1.29, 1.82) is 0 Å². The molecule has 2 aliphatic heterocycles. The Kier molecular flexibility index (Phi) is 4.25. The molecule has 2 heterocycles. The average Bonchev–Trinajstić information content (AvgIpc) is 2.85. The third-order valence-electron chi connectivity index (χ3n) is 4.89. The van der Waals surface area contributed by atoms with E-state index >= 15 is 0 Å². The van der Waals surface area contributed by atoms with Gasteiger partial charge in [-0.25, -0.2) is 0 Å². The van der Waals surface area contributed by atoms with Gasteiger partial charge in [0.2, 0.25) is 5.91 Å². The second-order valence-corrected chi connectivity index (χ2v) is 7.69. The summed E-state index contributed by atoms with van der Waals surface area (Å²) in [6.45, 7) is 4.27. The van der Waals surface area contributed by atoms with Crippen LogP contribution in [0.15, 0.2) is 28.9 Å². The van der Waals surface area contributed by atoms with Gasteiger partial charge in [0, 0.05) is 18.0 Å². The Morgan fingerprint density at radius 2 is 2.48 bits per heavy atom. The maximum atomic E-state index is 12.7. The SMILES string of the molecule is CCCC(C)NC(=O)C1CSC23CC=CC=C2N=CCC13. The third-order valence-corrected chi connectivity index (χ3v) is 6.61. The molecule has 0 aromatic heterocycles. The third kappa shape index (κ3) is 2.59. The van der Waals surface area contributed by atoms with E-state index in [1.807, 2.05) is 18.0 Å². The summed E-state index contributed by atoms with van der Waals surface area (Å²) in [5.74, 6) is 1.68. The Bertz CT molecular complexity index is 511. The van der Waals surface area contributed by atoms with Gasteiger partial charge in [0.25, 0.3) is 0 Å². The van der Waals surface area contributed by atoms with E-state index in [-0.39, 0.29) is 22.6 Å². The highest BCUT2D eigenvalue weighted by Gasteiger charge is 2.54. The van der Waals surface area contributed by atoms with Crippen molar-refractivity contribution in [2.24, 2.45) is 16.8 Å². The van der Waals surface area contributed by atoms with Crippen LogP contribution in [0, 0.1) is 11.8 Å². The standard InChI is InChI=1S/C17H24N2OS/c1-3-6-12(2)19-16(20)13-11-21-17-9-5-4-7-15(17)18-10-8-14(13)17/h4-5,7,10,12-14H,3,6,8-9,11H2,1-2H3,(H,19,20). The summed E-state index contributed by atoms with van der Waals surface area (Å²) in [4.78, 5) is 17.3. The predicted molar refractivity (Wildman–Crippen MR) is 89.6 cm³/mol. The monoisotopic (exact) mass is 304 g/mol. The number of allylic oxidation sites excluding steroid dienone is 3. The summed E-state index contributed by atoms with van der Waals surface area (Å²) >= 11 is 1.94. The maximum Gasteiger partial charge on any atom is 0.224 e. The zero-order valence-corrected chi connectivity index (χ0v) is 13.7. The minimum Gasteiger partial charge on any atom is -0.353 e. The number of rotatable bonds is 4. The largest absolute Gasteiger partial charge is 0.353 e. The van der Waals surface area contributed by atoms with Crippen LogP contribution in [0.4, 0.5) is 0 Å². The van der Waals surface area contributed by atoms with E-state index in [4.69, 9.17) is 0 Å². The van der Waals surface area contributed by atoms with E-state index in [1.165, 1.54) is 5.70 Å². The molecule has 3 nitrogen and oxygen atoms in total. The topological polar surface area (TPSA) is 41.5 Å². The molecule has 21 heavy (non-hydrogen) atoms. The number of carbonyl (C=O) groups is 1. The Balaban J connectivity index is 1.76. The van der Waals surface area contributed by atoms with Crippen molar-refractivity contribution >= 4 is 23.9 Å². The first-order chi connectivity index (χ1) is 10.2. The smallest absolute Gasteiger partial charge is 0.224 e. The van der Waals surface area contributed by atoms with Crippen molar-refractivity contribution in [3.8, 4) is 0 Å². The van der Waals surface area contributed by atoms with Crippen molar-refractivity contribution in [3.05, 3.63) is 23.9 Å². The Labute approximate surface area is 131 Å². The van der Waals surface area contributed by atoms with Gasteiger partial charge in [0.1, 0.15) is 0 Å². The Morgan fingerprint density at radius 3 is 3.29 bits per heavy atom. The fourth-order valence-electron chi connectivity index (χ4n) is 3.79. The molecule has 0 bridgehead atoms. The van der Waals surface area contributed by atoms with Crippen LogP contribution >= 0.6 is 11.8 Å². The number of thioether (sulfide) groups is 1. The number of carbonyl (C=O) groups excluding carboxylic acids is 1. The molecule has 1 N–H and O–H groups in total. The fraction of sp³-hybridized carbons (Fsp3) is 0.647. The molecule has 0 saturated carbocycles. The second kappa shape index (κ2) is 5.99. The van der Waals surface area contributed by atoms with Gasteiger partial charge < -0.3 is 5.32 Å². The molecule has 114 valence electrons. The molecule has 0 radical (unpaired) electrons. The number of nitrogens with one attached hydrogen (secondary N) is 1. The zero-order valence-electron chi connectivity index (χ0n) is 12.8. The number of amides is 1. The molecule has 1 aliphatic carbocycles. The van der Waals surface area contributed by atoms with Gasteiger partial charge >= 0.3 is 0 Å². The zero-order chi connectivity index (χ0) is 14.9. The second-order valence-electron chi connectivity index (χ2n) is 6.34. The van der Waals surface area contributed by atoms with Gasteiger partial charge in [-0.05, 0) is 38.2 Å². The van der Waals surface area contributed by atoms with E-state index in [0.717, 1.165) is 31.4 Å². The van der Waals surface area contributed by atoms with Gasteiger partial charge in [-0.2, -0.15) is 0 Å². The van der Waals surface area contributed by atoms with Crippen molar-refractivity contribution in [1.82, 2.24) is 5.32 Å². The minimum atomic E-state index is 0.0551. The number of hydrogen-bond donors (Lipinski definition) is 1. The highest BCUT2D eigenvalue weighted by atomic mass is 32.2. The lowest BCUT2D eigenvalue weighted by Gasteiger charge is -2.39. The van der Waals surface area contributed by atoms with Crippen LogP contribution in [0.3, 0.4) is 0 Å². The molecule has 4 heteroatoms. The van der Waals surface area contributed by atoms with Crippen molar-refractivity contribution in [3.63, 3.8) is 0 Å². The van der Waals surface area contributed by atoms with Crippen LogP contribution in [-0.4, -0.2) is 28.7 Å². The lowest BCUT2D eigenvalue weighted by Crippen LogP contribution is -2.45. The van der Waals surface area contributed by atoms with Gasteiger partial charge in [-0.3, -0.25) is 9.79 Å². The normalized spacial score (nSPS) is 34.9. The van der Waals surface area contributed by atoms with Gasteiger partial charge in [0.05, 0.1) is 16.4 Å². The predicted octanol–water partition coefficient (Wildman–Crippen LogP) is 3.33. The average molecular weight is 304 g/mol. The first-order valence-electron chi connectivity index (χ1n) is 8.01. The fourth-order valence-corrected chi connectivity index (χ4v) is 5.61. The van der Waals surface area contributed by atoms with Crippen molar-refractivity contribution in [2.45, 2.75) is 50.3 Å². The first kappa shape index (κ1) is 14.9. The van der Waals surface area contributed by atoms with Crippen LogP contribution in [-0.2, 0) is 4.79 Å². The number of hydrogen-bond acceptors (Lipinski definition) is 3. The highest BCUT2D eigenvalue weighted by molar-refractivity contribution is 8.01. The summed E-state index contributed by atoms with van der Waals surface area (Å²) in [6, 6.07) is 0.280. The molecule has 4 atom stereocenters. The summed E-state index contributed by atoms with van der Waals surface area (Å²) in [6.07, 6.45) is 12.6. The summed E-state index contributed by atoms with van der Waals surface area (Å²) in [5.41, 5.74) is 1.17. The van der Waals surface area contributed by atoms with E-state index in [0.29, 0.717) is 5.92 Å². The van der Waals surface area contributed by atoms with E-state index in [2.05, 4.69) is 42.4 Å². The molecular weight excluding hydrogens is 280 g/mol. The first-order valence-corrected chi connectivity index (χ1v) is 9.00. The van der Waals surface area contributed by atoms with E-state index < -0.39 is 0 Å². The molecule has 0 aromatic rings. The van der Waals surface area contributed by atoms with Gasteiger partial charge in [-0.1, -0.05) is 25.5 Å². The van der Waals surface area contributed by atoms with Crippen molar-refractivity contribution < 1.29 is 4.79 Å². The quantitative estimate of drug-likeness (QED) is 0.865. The molecule has 3 aliphatic rings. The molecule has 1 spiro atoms. The van der Waals surface area contributed by atoms with Gasteiger partial charge in [0.15, 0.2) is 0 Å². The summed E-state index contributed by atoms with van der Waals surface area (Å²) in [7, 11) is 0. The van der Waals surface area contributed by atoms with Gasteiger partial charge in [-0.15, -0.1) is 11.8 Å². The van der Waals surface area contributed by atoms with Crippen LogP contribution in [0.2, 0.25) is 0 Å². The lowest BCUT2D eigenvalue weighted by molar-refractivity contribution is -0.126. The molecule has 1 fully saturated rings. The molecular formula is C17H24N2OS. The summed E-state index contributed by atoms with van der Waals surface area (Å²) < 4.78 is 0.0551. The minimum absolute atomic E-state index is 0.0551. The van der Waals surface area contributed by atoms with Crippen LogP contribution in [0.1, 0.15) is 39.5 Å². The number of nitrogens with zero attached hydrogens (tertiary/aromatic N) is 1. The van der Waals surface area contributed by atoms with Crippen LogP contribution in [0.5, 0.6) is 0 Å². The Hall–Kier alpha value is -1.03. The Morgan fingerprint density at radius 1 is 1.62 bits per heavy atom. The molecule has 4 unspecified atom stereocenters. The van der Waals surface area contributed by atoms with E-state index in [9.17, 15) is 4.79 Å². The summed E-state index contributed by atoms with van der Waals surface area (Å²) in [5, 5.41) is 3.21. The van der Waals surface area contributed by atoms with Crippen LogP contribution < -0.4 is 5.32 Å². The molecule has 0 aromatic carbocycles. The molecule has 1 amide bonds. The maximum absolute atomic E-state index is 12.7. The van der Waals surface area contributed by atoms with E-state index in [1.54, 1.807) is 0 Å². The number of aliphatic imine (C=N–C) groups is 1. The highest BCUT2D eigenvalue weighted by Crippen LogP contribution is 2.56. The molecule has 1 saturated heterocycles. The van der Waals surface area contributed by atoms with Crippen molar-refractivity contribution in [2.75, 3.05) is 5.75 Å². The lowest BCUT2D eigenvalue weighted by atomic mass is 9.73.